The number of hydrogen-bond donors (Lipinski definition) is 0. The normalized spacial score (nSPS) is 22.9. The second-order valence-electron chi connectivity index (χ2n) is 4.09. The van der Waals surface area contributed by atoms with E-state index in [1.165, 1.54) is 42.1 Å². The van der Waals surface area contributed by atoms with Gasteiger partial charge in [-0.2, -0.15) is 0 Å². The third-order valence-corrected chi connectivity index (χ3v) is 5.92. The first-order valence-corrected chi connectivity index (χ1v) is 7.36. The van der Waals surface area contributed by atoms with Crippen LogP contribution in [0.3, 0.4) is 0 Å². The molecule has 1 saturated heterocycles. The maximum absolute atomic E-state index is 2.64. The average Bonchev–Trinajstić information content (AvgIpc) is 2.74. The van der Waals surface area contributed by atoms with Gasteiger partial charge in [0.1, 0.15) is 4.71 Å². The zero-order valence-corrected chi connectivity index (χ0v) is 10.3. The summed E-state index contributed by atoms with van der Waals surface area (Å²) < 4.78 is 0.641. The second kappa shape index (κ2) is 4.40. The van der Waals surface area contributed by atoms with E-state index >= 15 is 0 Å². The van der Waals surface area contributed by atoms with Gasteiger partial charge >= 0.3 is 0 Å². The Morgan fingerprint density at radius 3 is 2.13 bits per heavy atom. The fourth-order valence-corrected chi connectivity index (χ4v) is 5.10. The molecule has 1 aromatic rings. The molecule has 0 saturated carbocycles. The molecule has 0 radical (unpaired) electrons. The van der Waals surface area contributed by atoms with E-state index in [4.69, 9.17) is 0 Å². The van der Waals surface area contributed by atoms with Crippen molar-refractivity contribution in [3.8, 4) is 0 Å². The number of hydrogen-bond acceptors (Lipinski definition) is 3. The predicted molar refractivity (Wildman–Crippen MR) is 67.4 cm³/mol. The highest BCUT2D eigenvalue weighted by atomic mass is 32.2. The molecule has 80 valence electrons. The first kappa shape index (κ1) is 10.1. The molecule has 2 aliphatic heterocycles. The summed E-state index contributed by atoms with van der Waals surface area (Å²) in [7, 11) is 0. The molecule has 1 fully saturated rings. The van der Waals surface area contributed by atoms with Crippen molar-refractivity contribution in [2.75, 3.05) is 13.1 Å². The van der Waals surface area contributed by atoms with Crippen LogP contribution in [0, 0.1) is 0 Å². The monoisotopic (exact) mass is 237 g/mol. The number of fused-ring (bicyclic) bond motifs is 1. The van der Waals surface area contributed by atoms with Gasteiger partial charge in [0.25, 0.3) is 0 Å². The van der Waals surface area contributed by atoms with Gasteiger partial charge in [0.2, 0.25) is 0 Å². The molecule has 0 N–H and O–H groups in total. The number of nitrogens with zero attached hydrogens (tertiary/aromatic N) is 1. The largest absolute Gasteiger partial charge is 0.283 e. The predicted octanol–water partition coefficient (Wildman–Crippen LogP) is 3.65. The molecule has 2 heterocycles. The Hall–Kier alpha value is -0.120. The Bertz CT molecular complexity index is 322. The van der Waals surface area contributed by atoms with E-state index in [1.54, 1.807) is 0 Å². The quantitative estimate of drug-likeness (QED) is 0.734. The van der Waals surface area contributed by atoms with E-state index < -0.39 is 0 Å². The van der Waals surface area contributed by atoms with E-state index in [0.717, 1.165) is 0 Å². The smallest absolute Gasteiger partial charge is 0.112 e. The number of thioether (sulfide) groups is 2. The van der Waals surface area contributed by atoms with Crippen LogP contribution in [0.25, 0.3) is 0 Å². The third kappa shape index (κ3) is 2.05. The summed E-state index contributed by atoms with van der Waals surface area (Å²) in [4.78, 5) is 5.58. The van der Waals surface area contributed by atoms with E-state index in [2.05, 4.69) is 29.2 Å². The third-order valence-electron chi connectivity index (χ3n) is 2.99. The minimum atomic E-state index is 0.641. The van der Waals surface area contributed by atoms with Crippen molar-refractivity contribution in [1.29, 1.82) is 0 Å². The lowest BCUT2D eigenvalue weighted by atomic mass is 10.1. The van der Waals surface area contributed by atoms with Crippen LogP contribution >= 0.6 is 23.5 Å². The van der Waals surface area contributed by atoms with Gasteiger partial charge in [-0.3, -0.25) is 4.90 Å². The molecule has 0 unspecified atom stereocenters. The van der Waals surface area contributed by atoms with Crippen molar-refractivity contribution < 1.29 is 0 Å². The molecule has 0 aliphatic carbocycles. The van der Waals surface area contributed by atoms with Crippen LogP contribution in [0.15, 0.2) is 34.1 Å². The Labute approximate surface area is 99.6 Å². The fourth-order valence-electron chi connectivity index (χ4n) is 2.16. The summed E-state index contributed by atoms with van der Waals surface area (Å²) in [5, 5.41) is 0. The van der Waals surface area contributed by atoms with Crippen molar-refractivity contribution in [2.45, 2.75) is 33.8 Å². The molecule has 0 spiro atoms. The van der Waals surface area contributed by atoms with Crippen molar-refractivity contribution >= 4 is 23.5 Å². The number of piperidine rings is 1. The molecule has 3 rings (SSSR count). The van der Waals surface area contributed by atoms with Crippen molar-refractivity contribution in [1.82, 2.24) is 4.90 Å². The van der Waals surface area contributed by atoms with Crippen LogP contribution in [0.1, 0.15) is 19.3 Å². The summed E-state index contributed by atoms with van der Waals surface area (Å²) in [6, 6.07) is 8.78. The van der Waals surface area contributed by atoms with Gasteiger partial charge in [-0.05, 0) is 25.0 Å². The molecule has 0 aromatic heterocycles. The highest BCUT2D eigenvalue weighted by Gasteiger charge is 2.28. The lowest BCUT2D eigenvalue weighted by Gasteiger charge is -2.30. The van der Waals surface area contributed by atoms with Crippen LogP contribution < -0.4 is 0 Å². The van der Waals surface area contributed by atoms with Crippen molar-refractivity contribution in [3.05, 3.63) is 24.3 Å². The van der Waals surface area contributed by atoms with Gasteiger partial charge in [-0.15, -0.1) is 0 Å². The first-order chi connectivity index (χ1) is 7.43. The number of benzene rings is 1. The summed E-state index contributed by atoms with van der Waals surface area (Å²) in [5.41, 5.74) is 0. The molecular formula is C12H15NS2. The highest BCUT2D eigenvalue weighted by Crippen LogP contribution is 2.49. The minimum Gasteiger partial charge on any atom is -0.283 e. The van der Waals surface area contributed by atoms with Crippen LogP contribution in [-0.4, -0.2) is 22.7 Å². The van der Waals surface area contributed by atoms with Gasteiger partial charge < -0.3 is 0 Å². The Morgan fingerprint density at radius 2 is 1.53 bits per heavy atom. The fraction of sp³-hybridized carbons (Fsp3) is 0.500. The average molecular weight is 237 g/mol. The van der Waals surface area contributed by atoms with Crippen LogP contribution in [-0.2, 0) is 0 Å². The topological polar surface area (TPSA) is 3.24 Å². The zero-order chi connectivity index (χ0) is 10.1. The molecule has 1 aromatic carbocycles. The standard InChI is InChI=1S/C12H15NS2/c1-4-8-13(9-5-1)12-14-10-6-2-3-7-11(10)15-12/h2-3,6-7,12H,1,4-5,8-9H2. The van der Waals surface area contributed by atoms with Gasteiger partial charge in [0.15, 0.2) is 0 Å². The maximum atomic E-state index is 2.64. The molecule has 2 aliphatic rings. The SMILES string of the molecule is c1ccc2c(c1)SC(N1CCCCC1)S2. The Balaban J connectivity index is 1.72. The Kier molecular flexibility index (Phi) is 2.95. The highest BCUT2D eigenvalue weighted by molar-refractivity contribution is 8.19. The summed E-state index contributed by atoms with van der Waals surface area (Å²) in [6.45, 7) is 2.58. The van der Waals surface area contributed by atoms with Crippen LogP contribution in [0.5, 0.6) is 0 Å². The van der Waals surface area contributed by atoms with E-state index in [9.17, 15) is 0 Å². The van der Waals surface area contributed by atoms with Gasteiger partial charge in [0.05, 0.1) is 0 Å². The van der Waals surface area contributed by atoms with Gasteiger partial charge in [-0.1, -0.05) is 42.1 Å². The second-order valence-corrected chi connectivity index (χ2v) is 6.63. The summed E-state index contributed by atoms with van der Waals surface area (Å²) in [5.74, 6) is 0. The van der Waals surface area contributed by atoms with Crippen molar-refractivity contribution in [3.63, 3.8) is 0 Å². The Morgan fingerprint density at radius 1 is 0.933 bits per heavy atom. The zero-order valence-electron chi connectivity index (χ0n) is 8.69. The molecular weight excluding hydrogens is 222 g/mol. The molecule has 15 heavy (non-hydrogen) atoms. The lowest BCUT2D eigenvalue weighted by molar-refractivity contribution is 0.253. The molecule has 0 atom stereocenters. The number of likely N-dealkylation sites (tertiary alicyclic amines) is 1. The number of rotatable bonds is 1. The van der Waals surface area contributed by atoms with Crippen LogP contribution in [0.2, 0.25) is 0 Å². The van der Waals surface area contributed by atoms with E-state index in [-0.39, 0.29) is 0 Å². The minimum absolute atomic E-state index is 0.641. The molecule has 0 amide bonds. The van der Waals surface area contributed by atoms with E-state index in [1.807, 2.05) is 23.5 Å². The molecule has 0 bridgehead atoms. The van der Waals surface area contributed by atoms with Crippen LogP contribution in [0.4, 0.5) is 0 Å². The molecule has 1 nitrogen and oxygen atoms in total. The first-order valence-electron chi connectivity index (χ1n) is 5.60. The summed E-state index contributed by atoms with van der Waals surface area (Å²) >= 11 is 4.06. The summed E-state index contributed by atoms with van der Waals surface area (Å²) in [6.07, 6.45) is 4.19. The van der Waals surface area contributed by atoms with Crippen molar-refractivity contribution in [2.24, 2.45) is 0 Å². The van der Waals surface area contributed by atoms with E-state index in [0.29, 0.717) is 4.71 Å². The lowest BCUT2D eigenvalue weighted by Crippen LogP contribution is -2.34. The van der Waals surface area contributed by atoms with Gasteiger partial charge in [-0.25, -0.2) is 0 Å². The molecule has 3 heteroatoms. The maximum Gasteiger partial charge on any atom is 0.112 e. The van der Waals surface area contributed by atoms with Gasteiger partial charge in [0, 0.05) is 22.9 Å².